The lowest BCUT2D eigenvalue weighted by Crippen LogP contribution is -1.90. The van der Waals surface area contributed by atoms with Crippen LogP contribution >= 0.6 is 0 Å². The number of rotatable bonds is 9. The molecule has 0 saturated heterocycles. The van der Waals surface area contributed by atoms with Gasteiger partial charge in [-0.2, -0.15) is 0 Å². The van der Waals surface area contributed by atoms with Gasteiger partial charge >= 0.3 is 0 Å². The second-order valence-electron chi connectivity index (χ2n) is 21.6. The molecule has 14 aromatic carbocycles. The lowest BCUT2D eigenvalue weighted by Gasteiger charge is -2.15. The molecule has 370 valence electrons. The van der Waals surface area contributed by atoms with Crippen LogP contribution in [0.2, 0.25) is 0 Å². The summed E-state index contributed by atoms with van der Waals surface area (Å²) in [5, 5.41) is 15.6. The van der Waals surface area contributed by atoms with E-state index >= 15 is 0 Å². The van der Waals surface area contributed by atoms with Gasteiger partial charge in [0.1, 0.15) is 0 Å². The van der Waals surface area contributed by atoms with E-state index < -0.39 is 0 Å². The highest BCUT2D eigenvalue weighted by molar-refractivity contribution is 6.27. The molecule has 0 N–H and O–H groups in total. The molecule has 0 spiro atoms. The van der Waals surface area contributed by atoms with Gasteiger partial charge in [-0.3, -0.25) is 0 Å². The average molecular weight is 995 g/mol. The normalized spacial score (nSPS) is 11.7. The zero-order chi connectivity index (χ0) is 52.4. The van der Waals surface area contributed by atoms with E-state index in [1.165, 1.54) is 165 Å². The third-order valence-electron chi connectivity index (χ3n) is 16.5. The van der Waals surface area contributed by atoms with Crippen molar-refractivity contribution in [1.82, 2.24) is 0 Å². The number of aryl methyl sites for hydroxylation is 4. The van der Waals surface area contributed by atoms with Crippen LogP contribution in [0.3, 0.4) is 0 Å². The summed E-state index contributed by atoms with van der Waals surface area (Å²) in [6.45, 7) is 8.98. The predicted molar refractivity (Wildman–Crippen MR) is 338 cm³/mol. The van der Waals surface area contributed by atoms with E-state index in [9.17, 15) is 0 Å². The molecule has 0 aliphatic carbocycles. The molecule has 0 heterocycles. The van der Waals surface area contributed by atoms with Crippen LogP contribution < -0.4 is 0 Å². The maximum absolute atomic E-state index is 2.41. The van der Waals surface area contributed by atoms with Crippen molar-refractivity contribution in [2.75, 3.05) is 0 Å². The van der Waals surface area contributed by atoms with Crippen molar-refractivity contribution in [2.45, 2.75) is 40.5 Å². The molecule has 0 heteroatoms. The first kappa shape index (κ1) is 47.1. The van der Waals surface area contributed by atoms with Crippen molar-refractivity contribution >= 4 is 64.6 Å². The van der Waals surface area contributed by atoms with Crippen molar-refractivity contribution < 1.29 is 0 Å². The van der Waals surface area contributed by atoms with E-state index in [0.29, 0.717) is 0 Å². The summed E-state index contributed by atoms with van der Waals surface area (Å²) in [4.78, 5) is 0. The second-order valence-corrected chi connectivity index (χ2v) is 21.6. The third kappa shape index (κ3) is 8.42. The van der Waals surface area contributed by atoms with E-state index in [0.717, 1.165) is 12.8 Å². The van der Waals surface area contributed by atoms with E-state index in [1.54, 1.807) is 0 Å². The first-order chi connectivity index (χ1) is 38.3. The fourth-order valence-corrected chi connectivity index (χ4v) is 12.6. The molecule has 0 amide bonds. The monoisotopic (exact) mass is 994 g/mol. The Morgan fingerprint density at radius 3 is 0.679 bits per heavy atom. The van der Waals surface area contributed by atoms with Gasteiger partial charge in [-0.25, -0.2) is 0 Å². The van der Waals surface area contributed by atoms with Crippen molar-refractivity contribution in [3.63, 3.8) is 0 Å². The van der Waals surface area contributed by atoms with Crippen LogP contribution in [0.1, 0.15) is 36.1 Å². The summed E-state index contributed by atoms with van der Waals surface area (Å²) in [7, 11) is 0. The van der Waals surface area contributed by atoms with Gasteiger partial charge in [0, 0.05) is 0 Å². The molecule has 0 saturated carbocycles. The van der Waals surface area contributed by atoms with E-state index in [-0.39, 0.29) is 0 Å². The fraction of sp³-hybridized carbons (Fsp3) is 0.0769. The number of hydrogen-bond donors (Lipinski definition) is 0. The van der Waals surface area contributed by atoms with Crippen molar-refractivity contribution in [2.24, 2.45) is 0 Å². The quantitative estimate of drug-likeness (QED) is 0.126. The van der Waals surface area contributed by atoms with Crippen LogP contribution in [0.5, 0.6) is 0 Å². The largest absolute Gasteiger partial charge is 0.0616 e. The first-order valence-corrected chi connectivity index (χ1v) is 27.7. The Hall–Kier alpha value is -9.36. The Kier molecular flexibility index (Phi) is 11.7. The molecule has 14 aromatic rings. The molecule has 0 radical (unpaired) electrons. The van der Waals surface area contributed by atoms with Crippen LogP contribution in [0.15, 0.2) is 255 Å². The minimum atomic E-state index is 0.959. The number of hydrogen-bond acceptors (Lipinski definition) is 0. The predicted octanol–water partition coefficient (Wildman–Crippen LogP) is 22.0. The van der Waals surface area contributed by atoms with Crippen molar-refractivity contribution in [3.05, 3.63) is 277 Å². The van der Waals surface area contributed by atoms with E-state index in [4.69, 9.17) is 0 Å². The maximum Gasteiger partial charge on any atom is -0.00928 e. The van der Waals surface area contributed by atoms with Gasteiger partial charge in [-0.15, -0.1) is 0 Å². The van der Waals surface area contributed by atoms with Gasteiger partial charge in [-0.05, 0) is 240 Å². The highest BCUT2D eigenvalue weighted by atomic mass is 14.2. The minimum absolute atomic E-state index is 0.959. The molecule has 14 rings (SSSR count). The molecule has 0 nitrogen and oxygen atoms in total. The lowest BCUT2D eigenvalue weighted by molar-refractivity contribution is 1.14. The Bertz CT molecular complexity index is 4350. The van der Waals surface area contributed by atoms with Crippen LogP contribution in [0.4, 0.5) is 0 Å². The molecule has 0 fully saturated rings. The molecule has 0 aliphatic heterocycles. The van der Waals surface area contributed by atoms with Crippen LogP contribution in [-0.4, -0.2) is 0 Å². The zero-order valence-corrected chi connectivity index (χ0v) is 44.7. The van der Waals surface area contributed by atoms with Gasteiger partial charge in [-0.1, -0.05) is 220 Å². The standard InChI is InChI=1S/C78H58/c1-5-51-37-63(45-65(39-51)57-29-31-75-71-25-9-7-21-67(71)69-23-11-13-27-73(69)77(75)47-57)55-19-15-17-53(41-55)59-33-49(3)35-61(43-59)62-36-50(4)34-60(44-62)54-18-16-20-56(42-54)64-38-52(6-2)40-66(46-64)58-30-32-76-72-26-10-8-22-68(72)70-24-12-14-28-74(70)78(76)48-58/h7-48H,5-6H2,1-4H3. The highest BCUT2D eigenvalue weighted by Gasteiger charge is 2.16. The smallest absolute Gasteiger partial charge is 0.00928 e. The molecular weight excluding hydrogens is 937 g/mol. The van der Waals surface area contributed by atoms with Gasteiger partial charge in [0.25, 0.3) is 0 Å². The fourth-order valence-electron chi connectivity index (χ4n) is 12.6. The Labute approximate surface area is 457 Å². The SMILES string of the molecule is CCc1cc(-c2cccc(-c3cc(C)cc(-c4cc(C)cc(-c5cccc(-c6cc(CC)cc(-c7ccc8c9ccccc9c9ccccc9c8c7)c6)c5)c4)c3)c2)cc(-c2ccc3c4ccccc4c4ccccc4c3c2)c1. The summed E-state index contributed by atoms with van der Waals surface area (Å²) in [6, 6.07) is 96.2. The van der Waals surface area contributed by atoms with Crippen LogP contribution in [0.25, 0.3) is 143 Å². The molecule has 0 unspecified atom stereocenters. The first-order valence-electron chi connectivity index (χ1n) is 27.7. The topological polar surface area (TPSA) is 0 Å². The van der Waals surface area contributed by atoms with Gasteiger partial charge < -0.3 is 0 Å². The molecule has 78 heavy (non-hydrogen) atoms. The summed E-state index contributed by atoms with van der Waals surface area (Å²) in [5.41, 5.74) is 22.3. The highest BCUT2D eigenvalue weighted by Crippen LogP contribution is 2.42. The maximum atomic E-state index is 2.41. The third-order valence-corrected chi connectivity index (χ3v) is 16.5. The zero-order valence-electron chi connectivity index (χ0n) is 44.7. The summed E-state index contributed by atoms with van der Waals surface area (Å²) in [5.74, 6) is 0. The Morgan fingerprint density at radius 1 is 0.179 bits per heavy atom. The van der Waals surface area contributed by atoms with Gasteiger partial charge in [0.2, 0.25) is 0 Å². The van der Waals surface area contributed by atoms with Gasteiger partial charge in [0.15, 0.2) is 0 Å². The van der Waals surface area contributed by atoms with E-state index in [1.807, 2.05) is 0 Å². The van der Waals surface area contributed by atoms with Crippen LogP contribution in [-0.2, 0) is 12.8 Å². The molecule has 0 aromatic heterocycles. The van der Waals surface area contributed by atoms with E-state index in [2.05, 4.69) is 282 Å². The van der Waals surface area contributed by atoms with Crippen LogP contribution in [0, 0.1) is 13.8 Å². The summed E-state index contributed by atoms with van der Waals surface area (Å²) in [6.07, 6.45) is 1.92. The second kappa shape index (κ2) is 19.3. The lowest BCUT2D eigenvalue weighted by atomic mass is 9.89. The number of fused-ring (bicyclic) bond motifs is 12. The Balaban J connectivity index is 0.789. The van der Waals surface area contributed by atoms with Gasteiger partial charge in [0.05, 0.1) is 0 Å². The average Bonchev–Trinajstić information content (AvgIpc) is 3.58. The van der Waals surface area contributed by atoms with Crippen molar-refractivity contribution in [3.8, 4) is 77.9 Å². The summed E-state index contributed by atoms with van der Waals surface area (Å²) >= 11 is 0. The summed E-state index contributed by atoms with van der Waals surface area (Å²) < 4.78 is 0. The molecule has 0 aliphatic rings. The molecule has 0 atom stereocenters. The van der Waals surface area contributed by atoms with Crippen molar-refractivity contribution in [1.29, 1.82) is 0 Å². The molecular formula is C78H58. The molecule has 0 bridgehead atoms. The Morgan fingerprint density at radius 2 is 0.397 bits per heavy atom. The minimum Gasteiger partial charge on any atom is -0.0616 e. The number of benzene rings is 14.